The Labute approximate surface area is 157 Å². The van der Waals surface area contributed by atoms with E-state index >= 15 is 0 Å². The van der Waals surface area contributed by atoms with Gasteiger partial charge in [0.15, 0.2) is 0 Å². The van der Waals surface area contributed by atoms with Crippen LogP contribution in [-0.4, -0.2) is 5.91 Å². The van der Waals surface area contributed by atoms with Crippen molar-refractivity contribution in [2.75, 3.05) is 5.73 Å². The molecule has 1 amide bonds. The number of hydrogen-bond donors (Lipinski definition) is 2. The van der Waals surface area contributed by atoms with Crippen LogP contribution < -0.4 is 11.1 Å². The Bertz CT molecular complexity index is 717. The molecule has 1 atom stereocenters. The van der Waals surface area contributed by atoms with Crippen LogP contribution >= 0.6 is 12.4 Å². The summed E-state index contributed by atoms with van der Waals surface area (Å²) in [5, 5.41) is 2.84. The number of carbonyl (C=O) groups is 1. The zero-order chi connectivity index (χ0) is 18.4. The Kier molecular flexibility index (Phi) is 7.96. The number of hydrogen-bond acceptors (Lipinski definition) is 2. The van der Waals surface area contributed by atoms with Crippen molar-refractivity contribution < 1.29 is 18.0 Å². The summed E-state index contributed by atoms with van der Waals surface area (Å²) in [5.41, 5.74) is 6.77. The summed E-state index contributed by atoms with van der Waals surface area (Å²) in [6, 6.07) is 11.6. The van der Waals surface area contributed by atoms with Gasteiger partial charge in [0.2, 0.25) is 5.91 Å². The average Bonchev–Trinajstić information content (AvgIpc) is 2.56. The number of amides is 1. The molecule has 2 aromatic carbocycles. The summed E-state index contributed by atoms with van der Waals surface area (Å²) in [7, 11) is 0. The van der Waals surface area contributed by atoms with Gasteiger partial charge in [-0.1, -0.05) is 37.6 Å². The van der Waals surface area contributed by atoms with Gasteiger partial charge in [0.1, 0.15) is 0 Å². The molecule has 0 saturated heterocycles. The first-order valence-corrected chi connectivity index (χ1v) is 8.10. The molecule has 0 aromatic heterocycles. The van der Waals surface area contributed by atoms with Crippen LogP contribution in [0.25, 0.3) is 0 Å². The summed E-state index contributed by atoms with van der Waals surface area (Å²) >= 11 is 0. The van der Waals surface area contributed by atoms with Crippen LogP contribution in [0.3, 0.4) is 0 Å². The maximum Gasteiger partial charge on any atom is 0.416 e. The minimum absolute atomic E-state index is 0. The lowest BCUT2D eigenvalue weighted by Gasteiger charge is -2.20. The lowest BCUT2D eigenvalue weighted by molar-refractivity contribution is -0.137. The number of benzene rings is 2. The first kappa shape index (κ1) is 21.8. The normalized spacial score (nSPS) is 12.2. The monoisotopic (exact) mass is 386 g/mol. The number of nitrogen functional groups attached to an aromatic ring is 1. The van der Waals surface area contributed by atoms with Crippen LogP contribution in [0, 0.1) is 0 Å². The largest absolute Gasteiger partial charge is 0.416 e. The van der Waals surface area contributed by atoms with E-state index in [4.69, 9.17) is 5.73 Å². The molecule has 142 valence electrons. The van der Waals surface area contributed by atoms with Crippen LogP contribution in [0.1, 0.15) is 42.5 Å². The van der Waals surface area contributed by atoms with Crippen molar-refractivity contribution in [2.45, 2.75) is 38.4 Å². The van der Waals surface area contributed by atoms with Crippen LogP contribution in [0.15, 0.2) is 48.5 Å². The van der Waals surface area contributed by atoms with E-state index in [0.29, 0.717) is 17.7 Å². The molecule has 3 N–H and O–H groups in total. The van der Waals surface area contributed by atoms with Gasteiger partial charge in [0.05, 0.1) is 18.0 Å². The molecular weight excluding hydrogens is 365 g/mol. The quantitative estimate of drug-likeness (QED) is 0.693. The van der Waals surface area contributed by atoms with Crippen LogP contribution in [-0.2, 0) is 17.4 Å². The number of rotatable bonds is 6. The Hall–Kier alpha value is -2.21. The number of nitrogens with one attached hydrogen (secondary N) is 1. The summed E-state index contributed by atoms with van der Waals surface area (Å²) in [4.78, 5) is 12.3. The zero-order valence-electron chi connectivity index (χ0n) is 14.3. The molecule has 3 nitrogen and oxygen atoms in total. The van der Waals surface area contributed by atoms with Gasteiger partial charge in [-0.15, -0.1) is 12.4 Å². The van der Waals surface area contributed by atoms with Crippen molar-refractivity contribution in [3.63, 3.8) is 0 Å². The lowest BCUT2D eigenvalue weighted by atomic mass is 9.99. The molecule has 0 aliphatic heterocycles. The molecule has 0 saturated carbocycles. The molecule has 7 heteroatoms. The molecule has 2 rings (SSSR count). The summed E-state index contributed by atoms with van der Waals surface area (Å²) in [5.74, 6) is -0.236. The van der Waals surface area contributed by atoms with Gasteiger partial charge in [-0.25, -0.2) is 0 Å². The number of nitrogens with two attached hydrogens (primary N) is 1. The summed E-state index contributed by atoms with van der Waals surface area (Å²) in [6.45, 7) is 1.92. The summed E-state index contributed by atoms with van der Waals surface area (Å²) < 4.78 is 38.7. The molecule has 26 heavy (non-hydrogen) atoms. The van der Waals surface area contributed by atoms with E-state index in [0.717, 1.165) is 24.1 Å². The highest BCUT2D eigenvalue weighted by Gasteiger charge is 2.31. The molecule has 0 bridgehead atoms. The molecule has 0 fully saturated rings. The Morgan fingerprint density at radius 2 is 1.81 bits per heavy atom. The fourth-order valence-electron chi connectivity index (χ4n) is 2.61. The molecule has 0 radical (unpaired) electrons. The number of anilines is 1. The fourth-order valence-corrected chi connectivity index (χ4v) is 2.61. The standard InChI is InChI=1S/C19H21F3N2O.ClH/c1-2-4-17(14-5-3-6-15(12-14)19(20,21)22)24-18(25)11-13-7-9-16(23)10-8-13;/h3,5-10,12,17H,2,4,11,23H2,1H3,(H,24,25);1H. The maximum absolute atomic E-state index is 12.9. The Balaban J connectivity index is 0.00000338. The molecule has 0 heterocycles. The van der Waals surface area contributed by atoms with Gasteiger partial charge in [-0.2, -0.15) is 13.2 Å². The second-order valence-corrected chi connectivity index (χ2v) is 5.95. The lowest BCUT2D eigenvalue weighted by Crippen LogP contribution is -2.30. The fraction of sp³-hybridized carbons (Fsp3) is 0.316. The second kappa shape index (κ2) is 9.48. The molecule has 1 unspecified atom stereocenters. The van der Waals surface area contributed by atoms with Gasteiger partial charge in [-0.05, 0) is 41.8 Å². The van der Waals surface area contributed by atoms with Crippen molar-refractivity contribution in [1.82, 2.24) is 5.32 Å². The number of carbonyl (C=O) groups excluding carboxylic acids is 1. The topological polar surface area (TPSA) is 55.1 Å². The highest BCUT2D eigenvalue weighted by atomic mass is 35.5. The minimum atomic E-state index is -4.40. The third-order valence-corrected chi connectivity index (χ3v) is 3.87. The predicted octanol–water partition coefficient (Wildman–Crippen LogP) is 4.91. The average molecular weight is 387 g/mol. The minimum Gasteiger partial charge on any atom is -0.399 e. The van der Waals surface area contributed by atoms with Gasteiger partial charge in [0, 0.05) is 5.69 Å². The summed E-state index contributed by atoms with van der Waals surface area (Å²) in [6.07, 6.45) is -2.95. The van der Waals surface area contributed by atoms with Crippen molar-refractivity contribution in [1.29, 1.82) is 0 Å². The van der Waals surface area contributed by atoms with E-state index in [-0.39, 0.29) is 24.7 Å². The Morgan fingerprint density at radius 1 is 1.15 bits per heavy atom. The molecule has 0 spiro atoms. The van der Waals surface area contributed by atoms with Gasteiger partial charge in [0.25, 0.3) is 0 Å². The maximum atomic E-state index is 12.9. The SMILES string of the molecule is CCCC(NC(=O)Cc1ccc(N)cc1)c1cccc(C(F)(F)F)c1.Cl. The molecule has 0 aliphatic rings. The van der Waals surface area contributed by atoms with E-state index in [9.17, 15) is 18.0 Å². The van der Waals surface area contributed by atoms with Crippen molar-refractivity contribution >= 4 is 24.0 Å². The van der Waals surface area contributed by atoms with Gasteiger partial charge >= 0.3 is 6.18 Å². The molecule has 2 aromatic rings. The van der Waals surface area contributed by atoms with Crippen molar-refractivity contribution in [3.05, 3.63) is 65.2 Å². The molecule has 0 aliphatic carbocycles. The van der Waals surface area contributed by atoms with Crippen molar-refractivity contribution in [3.8, 4) is 0 Å². The number of halogens is 4. The van der Waals surface area contributed by atoms with Gasteiger partial charge in [-0.3, -0.25) is 4.79 Å². The van der Waals surface area contributed by atoms with E-state index in [2.05, 4.69) is 5.32 Å². The first-order valence-electron chi connectivity index (χ1n) is 8.10. The highest BCUT2D eigenvalue weighted by molar-refractivity contribution is 5.85. The third kappa shape index (κ3) is 6.26. The van der Waals surface area contributed by atoms with E-state index < -0.39 is 17.8 Å². The Morgan fingerprint density at radius 3 is 2.38 bits per heavy atom. The van der Waals surface area contributed by atoms with Crippen LogP contribution in [0.5, 0.6) is 0 Å². The van der Waals surface area contributed by atoms with Crippen LogP contribution in [0.4, 0.5) is 18.9 Å². The third-order valence-electron chi connectivity index (χ3n) is 3.87. The smallest absolute Gasteiger partial charge is 0.399 e. The van der Waals surface area contributed by atoms with E-state index in [1.54, 1.807) is 30.3 Å². The molecular formula is C19H22ClF3N2O. The van der Waals surface area contributed by atoms with Crippen molar-refractivity contribution in [2.24, 2.45) is 0 Å². The highest BCUT2D eigenvalue weighted by Crippen LogP contribution is 2.31. The van der Waals surface area contributed by atoms with E-state index in [1.165, 1.54) is 6.07 Å². The second-order valence-electron chi connectivity index (χ2n) is 5.95. The zero-order valence-corrected chi connectivity index (χ0v) is 15.2. The predicted molar refractivity (Wildman–Crippen MR) is 99.0 cm³/mol. The van der Waals surface area contributed by atoms with E-state index in [1.807, 2.05) is 6.92 Å². The first-order chi connectivity index (χ1) is 11.8. The number of alkyl halides is 3. The van der Waals surface area contributed by atoms with Crippen LogP contribution in [0.2, 0.25) is 0 Å². The van der Waals surface area contributed by atoms with Gasteiger partial charge < -0.3 is 11.1 Å².